The van der Waals surface area contributed by atoms with Crippen molar-refractivity contribution in [1.29, 1.82) is 0 Å². The van der Waals surface area contributed by atoms with Crippen molar-refractivity contribution < 1.29 is 0 Å². The third-order valence-corrected chi connectivity index (χ3v) is 4.31. The van der Waals surface area contributed by atoms with Crippen molar-refractivity contribution in [2.24, 2.45) is 5.73 Å². The summed E-state index contributed by atoms with van der Waals surface area (Å²) in [5, 5.41) is 0. The van der Waals surface area contributed by atoms with Crippen LogP contribution in [0, 0.1) is 0 Å². The molecule has 0 radical (unpaired) electrons. The Balaban J connectivity index is 1.91. The number of likely N-dealkylation sites (tertiary alicyclic amines) is 1. The van der Waals surface area contributed by atoms with Crippen LogP contribution in [-0.4, -0.2) is 44.2 Å². The smallest absolute Gasteiger partial charge is 0.0366 e. The summed E-state index contributed by atoms with van der Waals surface area (Å²) in [6, 6.07) is 9.22. The van der Waals surface area contributed by atoms with Crippen molar-refractivity contribution in [1.82, 2.24) is 4.90 Å². The number of hydrogen-bond donors (Lipinski definition) is 1. The van der Waals surface area contributed by atoms with Gasteiger partial charge in [-0.2, -0.15) is 0 Å². The van der Waals surface area contributed by atoms with Crippen LogP contribution in [0.15, 0.2) is 28.7 Å². The van der Waals surface area contributed by atoms with E-state index in [1.807, 2.05) is 0 Å². The van der Waals surface area contributed by atoms with Gasteiger partial charge in [-0.25, -0.2) is 0 Å². The van der Waals surface area contributed by atoms with E-state index in [-0.39, 0.29) is 0 Å². The van der Waals surface area contributed by atoms with Crippen molar-refractivity contribution in [3.05, 3.63) is 28.7 Å². The molecule has 1 fully saturated rings. The quantitative estimate of drug-likeness (QED) is 0.926. The Kier molecular flexibility index (Phi) is 5.03. The van der Waals surface area contributed by atoms with Crippen LogP contribution in [0.25, 0.3) is 0 Å². The van der Waals surface area contributed by atoms with Gasteiger partial charge in [0.05, 0.1) is 0 Å². The number of hydrogen-bond acceptors (Lipinski definition) is 3. The number of nitrogens with two attached hydrogens (primary N) is 1. The molecule has 1 aromatic carbocycles. The summed E-state index contributed by atoms with van der Waals surface area (Å²) in [5.41, 5.74) is 6.90. The van der Waals surface area contributed by atoms with E-state index in [2.05, 4.69) is 57.0 Å². The highest BCUT2D eigenvalue weighted by Crippen LogP contribution is 2.23. The van der Waals surface area contributed by atoms with Gasteiger partial charge in [0.15, 0.2) is 0 Å². The average Bonchev–Trinajstić information content (AvgIpc) is 2.40. The summed E-state index contributed by atoms with van der Waals surface area (Å²) in [5.74, 6) is 0. The molecule has 0 aliphatic carbocycles. The van der Waals surface area contributed by atoms with Gasteiger partial charge in [-0.3, -0.25) is 0 Å². The number of halogens is 1. The summed E-state index contributed by atoms with van der Waals surface area (Å²) in [7, 11) is 2.20. The van der Waals surface area contributed by atoms with Crippen LogP contribution in [0.2, 0.25) is 0 Å². The van der Waals surface area contributed by atoms with E-state index in [9.17, 15) is 0 Å². The van der Waals surface area contributed by atoms with Crippen LogP contribution < -0.4 is 10.6 Å². The molecule has 0 unspecified atom stereocenters. The molecule has 0 atom stereocenters. The average molecular weight is 312 g/mol. The summed E-state index contributed by atoms with van der Waals surface area (Å²) < 4.78 is 1.14. The largest absolute Gasteiger partial charge is 0.372 e. The van der Waals surface area contributed by atoms with Gasteiger partial charge in [-0.15, -0.1) is 0 Å². The number of rotatable bonds is 4. The maximum Gasteiger partial charge on any atom is 0.0366 e. The molecule has 1 aliphatic rings. The van der Waals surface area contributed by atoms with Crippen LogP contribution >= 0.6 is 15.9 Å². The molecule has 0 spiro atoms. The second-order valence-corrected chi connectivity index (χ2v) is 5.86. The van der Waals surface area contributed by atoms with Crippen molar-refractivity contribution in [2.75, 3.05) is 38.1 Å². The molecule has 2 rings (SSSR count). The van der Waals surface area contributed by atoms with Gasteiger partial charge >= 0.3 is 0 Å². The molecule has 18 heavy (non-hydrogen) atoms. The fourth-order valence-corrected chi connectivity index (χ4v) is 2.86. The predicted molar refractivity (Wildman–Crippen MR) is 81.1 cm³/mol. The van der Waals surface area contributed by atoms with Crippen molar-refractivity contribution in [3.63, 3.8) is 0 Å². The minimum Gasteiger partial charge on any atom is -0.372 e. The van der Waals surface area contributed by atoms with Crippen LogP contribution in [0.4, 0.5) is 5.69 Å². The first-order chi connectivity index (χ1) is 8.70. The standard InChI is InChI=1S/C14H22BrN3/c1-17(13-4-2-12(15)3-5-13)14-6-9-18(10-7-14)11-8-16/h2-5,14H,6-11,16H2,1H3. The zero-order valence-electron chi connectivity index (χ0n) is 11.0. The molecule has 1 heterocycles. The molecule has 1 saturated heterocycles. The third kappa shape index (κ3) is 3.46. The molecule has 100 valence electrons. The normalized spacial score (nSPS) is 17.9. The third-order valence-electron chi connectivity index (χ3n) is 3.78. The second-order valence-electron chi connectivity index (χ2n) is 4.95. The lowest BCUT2D eigenvalue weighted by molar-refractivity contribution is 0.216. The van der Waals surface area contributed by atoms with E-state index in [0.29, 0.717) is 6.04 Å². The van der Waals surface area contributed by atoms with Crippen LogP contribution in [-0.2, 0) is 0 Å². The summed E-state index contributed by atoms with van der Waals surface area (Å²) in [4.78, 5) is 4.87. The van der Waals surface area contributed by atoms with E-state index >= 15 is 0 Å². The SMILES string of the molecule is CN(c1ccc(Br)cc1)C1CCN(CCN)CC1. The lowest BCUT2D eigenvalue weighted by atomic mass is 10.0. The fourth-order valence-electron chi connectivity index (χ4n) is 2.60. The van der Waals surface area contributed by atoms with Gasteiger partial charge in [-0.1, -0.05) is 15.9 Å². The lowest BCUT2D eigenvalue weighted by Crippen LogP contribution is -2.44. The van der Waals surface area contributed by atoms with Crippen molar-refractivity contribution in [3.8, 4) is 0 Å². The predicted octanol–water partition coefficient (Wildman–Crippen LogP) is 2.31. The first kappa shape index (κ1) is 13.8. The number of benzene rings is 1. The first-order valence-electron chi connectivity index (χ1n) is 6.61. The number of anilines is 1. The highest BCUT2D eigenvalue weighted by Gasteiger charge is 2.22. The van der Waals surface area contributed by atoms with Crippen LogP contribution in [0.3, 0.4) is 0 Å². The monoisotopic (exact) mass is 311 g/mol. The Labute approximate surface area is 118 Å². The van der Waals surface area contributed by atoms with Crippen molar-refractivity contribution in [2.45, 2.75) is 18.9 Å². The molecular formula is C14H22BrN3. The molecule has 4 heteroatoms. The minimum atomic E-state index is 0.653. The molecular weight excluding hydrogens is 290 g/mol. The van der Waals surface area contributed by atoms with Gasteiger partial charge in [0.25, 0.3) is 0 Å². The Morgan fingerprint density at radius 1 is 1.28 bits per heavy atom. The summed E-state index contributed by atoms with van der Waals surface area (Å²) in [6.45, 7) is 4.15. The van der Waals surface area contributed by atoms with Gasteiger partial charge in [0.1, 0.15) is 0 Å². The molecule has 0 amide bonds. The van der Waals surface area contributed by atoms with Gasteiger partial charge in [0.2, 0.25) is 0 Å². The lowest BCUT2D eigenvalue weighted by Gasteiger charge is -2.37. The van der Waals surface area contributed by atoms with Gasteiger partial charge in [-0.05, 0) is 37.1 Å². The molecule has 0 bridgehead atoms. The maximum atomic E-state index is 5.60. The van der Waals surface area contributed by atoms with Gasteiger partial charge < -0.3 is 15.5 Å². The molecule has 0 saturated carbocycles. The Bertz CT molecular complexity index is 358. The second kappa shape index (κ2) is 6.55. The first-order valence-corrected chi connectivity index (χ1v) is 7.41. The van der Waals surface area contributed by atoms with E-state index in [0.717, 1.165) is 17.6 Å². The molecule has 3 nitrogen and oxygen atoms in total. The van der Waals surface area contributed by atoms with E-state index < -0.39 is 0 Å². The summed E-state index contributed by atoms with van der Waals surface area (Å²) in [6.07, 6.45) is 2.46. The van der Waals surface area contributed by atoms with Crippen LogP contribution in [0.1, 0.15) is 12.8 Å². The molecule has 0 aromatic heterocycles. The van der Waals surface area contributed by atoms with Crippen molar-refractivity contribution >= 4 is 21.6 Å². The fraction of sp³-hybridized carbons (Fsp3) is 0.571. The zero-order chi connectivity index (χ0) is 13.0. The minimum absolute atomic E-state index is 0.653. The number of piperidine rings is 1. The van der Waals surface area contributed by atoms with Gasteiger partial charge in [0, 0.05) is 49.4 Å². The molecule has 1 aromatic rings. The number of nitrogens with zero attached hydrogens (tertiary/aromatic N) is 2. The zero-order valence-corrected chi connectivity index (χ0v) is 12.6. The molecule has 1 aliphatic heterocycles. The summed E-state index contributed by atoms with van der Waals surface area (Å²) >= 11 is 3.48. The maximum absolute atomic E-state index is 5.60. The highest BCUT2D eigenvalue weighted by molar-refractivity contribution is 9.10. The van der Waals surface area contributed by atoms with E-state index in [4.69, 9.17) is 5.73 Å². The Morgan fingerprint density at radius 2 is 1.89 bits per heavy atom. The highest BCUT2D eigenvalue weighted by atomic mass is 79.9. The Morgan fingerprint density at radius 3 is 2.44 bits per heavy atom. The van der Waals surface area contributed by atoms with E-state index in [1.54, 1.807) is 0 Å². The van der Waals surface area contributed by atoms with E-state index in [1.165, 1.54) is 31.6 Å². The Hall–Kier alpha value is -0.580. The molecule has 2 N–H and O–H groups in total. The topological polar surface area (TPSA) is 32.5 Å². The van der Waals surface area contributed by atoms with Crippen LogP contribution in [0.5, 0.6) is 0 Å².